The molecule has 1 aliphatic rings. The summed E-state index contributed by atoms with van der Waals surface area (Å²) in [4.78, 5) is 15.4. The molecule has 0 unspecified atom stereocenters. The van der Waals surface area contributed by atoms with Gasteiger partial charge in [-0.15, -0.1) is 6.58 Å². The Morgan fingerprint density at radius 2 is 1.93 bits per heavy atom. The van der Waals surface area contributed by atoms with E-state index in [0.717, 1.165) is 24.1 Å². The van der Waals surface area contributed by atoms with E-state index in [1.165, 1.54) is 12.8 Å². The summed E-state index contributed by atoms with van der Waals surface area (Å²) in [6, 6.07) is 15.3. The van der Waals surface area contributed by atoms with Crippen molar-refractivity contribution in [3.63, 3.8) is 0 Å². The summed E-state index contributed by atoms with van der Waals surface area (Å²) in [5.74, 6) is 0.595. The van der Waals surface area contributed by atoms with Gasteiger partial charge in [0.1, 0.15) is 6.10 Å². The van der Waals surface area contributed by atoms with Crippen molar-refractivity contribution in [3.05, 3.63) is 82.4 Å². The zero-order valence-electron chi connectivity index (χ0n) is 17.4. The van der Waals surface area contributed by atoms with Gasteiger partial charge in [-0.2, -0.15) is 0 Å². The van der Waals surface area contributed by atoms with Gasteiger partial charge >= 0.3 is 0 Å². The van der Waals surface area contributed by atoms with Crippen LogP contribution in [0.2, 0.25) is 10.0 Å². The summed E-state index contributed by atoms with van der Waals surface area (Å²) in [6.45, 7) is 7.20. The largest absolute Gasteiger partial charge is 0.360 e. The summed E-state index contributed by atoms with van der Waals surface area (Å²) >= 11 is 12.2. The first-order valence-electron chi connectivity index (χ1n) is 10.5. The Hall–Kier alpha value is -1.81. The van der Waals surface area contributed by atoms with Crippen LogP contribution in [0.4, 0.5) is 0 Å². The van der Waals surface area contributed by atoms with Crippen LogP contribution < -0.4 is 0 Å². The molecule has 0 bridgehead atoms. The van der Waals surface area contributed by atoms with E-state index in [0.29, 0.717) is 28.9 Å². The SMILES string of the molecule is C=CC[C@H](O[C@H](CC)c1cccc(Cl)c1)C(=O)N(Cc1ccc(Cl)cc1)CC1CC1. The number of hydrogen-bond donors (Lipinski definition) is 0. The third-order valence-corrected chi connectivity index (χ3v) is 5.84. The van der Waals surface area contributed by atoms with Crippen LogP contribution in [0.1, 0.15) is 49.8 Å². The van der Waals surface area contributed by atoms with Crippen molar-refractivity contribution in [2.75, 3.05) is 6.54 Å². The van der Waals surface area contributed by atoms with E-state index < -0.39 is 6.10 Å². The third-order valence-electron chi connectivity index (χ3n) is 5.35. The number of halogens is 2. The number of amides is 1. The second-order valence-corrected chi connectivity index (χ2v) is 8.76. The fourth-order valence-corrected chi connectivity index (χ4v) is 3.86. The van der Waals surface area contributed by atoms with Crippen molar-refractivity contribution in [1.29, 1.82) is 0 Å². The Kier molecular flexibility index (Phi) is 8.38. The molecule has 3 nitrogen and oxygen atoms in total. The molecule has 1 saturated carbocycles. The van der Waals surface area contributed by atoms with Gasteiger partial charge in [0.2, 0.25) is 0 Å². The molecule has 3 rings (SSSR count). The molecule has 0 heterocycles. The Bertz CT molecular complexity index is 848. The van der Waals surface area contributed by atoms with Gasteiger partial charge in [-0.1, -0.05) is 60.5 Å². The van der Waals surface area contributed by atoms with Gasteiger partial charge in [-0.3, -0.25) is 4.79 Å². The van der Waals surface area contributed by atoms with Crippen LogP contribution >= 0.6 is 23.2 Å². The van der Waals surface area contributed by atoms with Crippen LogP contribution in [0.3, 0.4) is 0 Å². The molecule has 2 aromatic rings. The van der Waals surface area contributed by atoms with Gasteiger partial charge < -0.3 is 9.64 Å². The van der Waals surface area contributed by atoms with E-state index in [1.807, 2.05) is 53.4 Å². The molecule has 0 radical (unpaired) electrons. The average molecular weight is 446 g/mol. The van der Waals surface area contributed by atoms with Gasteiger partial charge in [0.15, 0.2) is 0 Å². The lowest BCUT2D eigenvalue weighted by Crippen LogP contribution is -2.41. The van der Waals surface area contributed by atoms with Crippen LogP contribution in [0.5, 0.6) is 0 Å². The number of rotatable bonds is 11. The highest BCUT2D eigenvalue weighted by atomic mass is 35.5. The van der Waals surface area contributed by atoms with Crippen molar-refractivity contribution < 1.29 is 9.53 Å². The van der Waals surface area contributed by atoms with Gasteiger partial charge in [-0.25, -0.2) is 0 Å². The van der Waals surface area contributed by atoms with Gasteiger partial charge in [0, 0.05) is 29.6 Å². The van der Waals surface area contributed by atoms with E-state index in [1.54, 1.807) is 6.08 Å². The Balaban J connectivity index is 1.77. The summed E-state index contributed by atoms with van der Waals surface area (Å²) < 4.78 is 6.34. The van der Waals surface area contributed by atoms with E-state index in [2.05, 4.69) is 13.5 Å². The molecule has 160 valence electrons. The minimum absolute atomic E-state index is 0.0113. The summed E-state index contributed by atoms with van der Waals surface area (Å²) in [6.07, 6.45) is 4.56. The maximum atomic E-state index is 13.5. The molecule has 0 aliphatic heterocycles. The molecule has 1 aliphatic carbocycles. The highest BCUT2D eigenvalue weighted by Crippen LogP contribution is 2.32. The van der Waals surface area contributed by atoms with Crippen molar-refractivity contribution >= 4 is 29.1 Å². The van der Waals surface area contributed by atoms with Crippen molar-refractivity contribution in [1.82, 2.24) is 4.90 Å². The molecule has 0 spiro atoms. The summed E-state index contributed by atoms with van der Waals surface area (Å²) in [5.41, 5.74) is 2.05. The van der Waals surface area contributed by atoms with Crippen LogP contribution in [0.15, 0.2) is 61.2 Å². The Morgan fingerprint density at radius 1 is 1.20 bits per heavy atom. The first-order valence-corrected chi connectivity index (χ1v) is 11.3. The molecule has 2 atom stereocenters. The van der Waals surface area contributed by atoms with Crippen molar-refractivity contribution in [3.8, 4) is 0 Å². The molecule has 0 saturated heterocycles. The number of nitrogens with zero attached hydrogens (tertiary/aromatic N) is 1. The van der Waals surface area contributed by atoms with Gasteiger partial charge in [0.05, 0.1) is 6.10 Å². The second kappa shape index (κ2) is 11.0. The maximum absolute atomic E-state index is 13.5. The van der Waals surface area contributed by atoms with E-state index in [4.69, 9.17) is 27.9 Å². The van der Waals surface area contributed by atoms with Crippen molar-refractivity contribution in [2.45, 2.75) is 51.4 Å². The first kappa shape index (κ1) is 22.9. The molecule has 30 heavy (non-hydrogen) atoms. The van der Waals surface area contributed by atoms with Crippen LogP contribution in [-0.4, -0.2) is 23.5 Å². The van der Waals surface area contributed by atoms with Gasteiger partial charge in [-0.05, 0) is 60.6 Å². The molecule has 1 amide bonds. The zero-order chi connectivity index (χ0) is 21.5. The molecule has 5 heteroatoms. The first-order chi connectivity index (χ1) is 14.5. The number of hydrogen-bond acceptors (Lipinski definition) is 2. The van der Waals surface area contributed by atoms with Crippen LogP contribution in [0, 0.1) is 5.92 Å². The second-order valence-electron chi connectivity index (χ2n) is 7.89. The lowest BCUT2D eigenvalue weighted by atomic mass is 10.1. The molecular formula is C25H29Cl2NO2. The lowest BCUT2D eigenvalue weighted by Gasteiger charge is -2.30. The number of carbonyl (C=O) groups is 1. The monoisotopic (exact) mass is 445 g/mol. The lowest BCUT2D eigenvalue weighted by molar-refractivity contribution is -0.149. The average Bonchev–Trinajstić information content (AvgIpc) is 3.56. The van der Waals surface area contributed by atoms with Crippen LogP contribution in [0.25, 0.3) is 0 Å². The number of carbonyl (C=O) groups excluding carboxylic acids is 1. The third kappa shape index (κ3) is 6.60. The summed E-state index contributed by atoms with van der Waals surface area (Å²) in [7, 11) is 0. The maximum Gasteiger partial charge on any atom is 0.252 e. The molecular weight excluding hydrogens is 417 g/mol. The molecule has 1 fully saturated rings. The van der Waals surface area contributed by atoms with Crippen molar-refractivity contribution in [2.24, 2.45) is 5.92 Å². The van der Waals surface area contributed by atoms with Crippen LogP contribution in [-0.2, 0) is 16.1 Å². The predicted molar refractivity (Wildman–Crippen MR) is 124 cm³/mol. The minimum atomic E-state index is -0.572. The normalized spacial score (nSPS) is 15.4. The quantitative estimate of drug-likeness (QED) is 0.354. The minimum Gasteiger partial charge on any atom is -0.360 e. The fraction of sp³-hybridized carbons (Fsp3) is 0.400. The Morgan fingerprint density at radius 3 is 2.53 bits per heavy atom. The van der Waals surface area contributed by atoms with E-state index in [-0.39, 0.29) is 12.0 Å². The fourth-order valence-electron chi connectivity index (χ4n) is 3.54. The molecule has 2 aromatic carbocycles. The Labute approximate surface area is 189 Å². The topological polar surface area (TPSA) is 29.5 Å². The number of benzene rings is 2. The number of ether oxygens (including phenoxy) is 1. The van der Waals surface area contributed by atoms with Gasteiger partial charge in [0.25, 0.3) is 5.91 Å². The summed E-state index contributed by atoms with van der Waals surface area (Å²) in [5, 5.41) is 1.36. The molecule has 0 aromatic heterocycles. The van der Waals surface area contributed by atoms with E-state index in [9.17, 15) is 4.79 Å². The highest BCUT2D eigenvalue weighted by molar-refractivity contribution is 6.30. The smallest absolute Gasteiger partial charge is 0.252 e. The zero-order valence-corrected chi connectivity index (χ0v) is 18.9. The molecule has 0 N–H and O–H groups in total. The highest BCUT2D eigenvalue weighted by Gasteiger charge is 2.32. The van der Waals surface area contributed by atoms with E-state index >= 15 is 0 Å². The standard InChI is InChI=1S/C25H29Cl2NO2/c1-3-6-24(30-23(4-2)20-7-5-8-22(27)15-20)25(29)28(16-18-9-10-18)17-19-11-13-21(26)14-12-19/h3,5,7-8,11-15,18,23-24H,1,4,6,9-10,16-17H2,2H3/t23-,24+/m1/s1. The predicted octanol–water partition coefficient (Wildman–Crippen LogP) is 6.84.